The van der Waals surface area contributed by atoms with E-state index in [-0.39, 0.29) is 37.5 Å². The summed E-state index contributed by atoms with van der Waals surface area (Å²) in [6, 6.07) is -4.85. The highest BCUT2D eigenvalue weighted by molar-refractivity contribution is 7.80. The number of hydrogen-bond acceptors (Lipinski definition) is 10. The fraction of sp³-hybridized carbons (Fsp3) is 0.696. The Kier molecular flexibility index (Phi) is 17.0. The molecule has 0 aliphatic rings. The van der Waals surface area contributed by atoms with Crippen LogP contribution in [-0.4, -0.2) is 95.1 Å². The second kappa shape index (κ2) is 18.7. The van der Waals surface area contributed by atoms with Crippen LogP contribution in [0.4, 0.5) is 0 Å². The van der Waals surface area contributed by atoms with Gasteiger partial charge in [-0.3, -0.25) is 29.4 Å². The van der Waals surface area contributed by atoms with Crippen LogP contribution in [0.25, 0.3) is 0 Å². The number of guanidine groups is 1. The molecule has 0 spiro atoms. The number of aliphatic carboxylic acids is 1. The molecule has 0 aromatic heterocycles. The average molecular weight is 605 g/mol. The quantitative estimate of drug-likeness (QED) is 0.0274. The third kappa shape index (κ3) is 15.1. The predicted octanol–water partition coefficient (Wildman–Crippen LogP) is -4.06. The summed E-state index contributed by atoms with van der Waals surface area (Å²) < 4.78 is 0. The lowest BCUT2D eigenvalue weighted by atomic mass is 10.0. The lowest BCUT2D eigenvalue weighted by Crippen LogP contribution is -2.62. The molecule has 0 fully saturated rings. The summed E-state index contributed by atoms with van der Waals surface area (Å²) in [5, 5.41) is 28.9. The minimum Gasteiger partial charge on any atom is -0.480 e. The number of carbonyl (C=O) groups excluding carboxylic acids is 5. The van der Waals surface area contributed by atoms with Crippen molar-refractivity contribution in [1.82, 2.24) is 26.6 Å². The molecule has 0 radical (unpaired) electrons. The Hall–Kier alpha value is -3.64. The van der Waals surface area contributed by atoms with Crippen molar-refractivity contribution in [1.29, 1.82) is 5.41 Å². The second-order valence-corrected chi connectivity index (χ2v) is 10.2. The second-order valence-electron chi connectivity index (χ2n) is 9.83. The normalized spacial score (nSPS) is 14.0. The van der Waals surface area contributed by atoms with E-state index in [0.717, 1.165) is 0 Å². The van der Waals surface area contributed by atoms with Crippen LogP contribution in [0.5, 0.6) is 0 Å². The monoisotopic (exact) mass is 604 g/mol. The number of nitrogens with two attached hydrogens (primary N) is 4. The van der Waals surface area contributed by atoms with Crippen LogP contribution in [0.1, 0.15) is 52.4 Å². The van der Waals surface area contributed by atoms with Gasteiger partial charge in [0.15, 0.2) is 5.96 Å². The molecule has 0 aromatic carbocycles. The fourth-order valence-corrected chi connectivity index (χ4v) is 3.55. The van der Waals surface area contributed by atoms with E-state index >= 15 is 0 Å². The van der Waals surface area contributed by atoms with Crippen LogP contribution in [0, 0.1) is 5.41 Å². The number of carboxylic acid groups (broad SMARTS) is 1. The van der Waals surface area contributed by atoms with E-state index < -0.39 is 71.6 Å². The molecule has 0 saturated heterocycles. The van der Waals surface area contributed by atoms with Gasteiger partial charge in [0, 0.05) is 12.3 Å². The van der Waals surface area contributed by atoms with E-state index in [0.29, 0.717) is 19.4 Å². The Balaban J connectivity index is 5.80. The largest absolute Gasteiger partial charge is 0.480 e. The van der Waals surface area contributed by atoms with Crippen molar-refractivity contribution in [3.05, 3.63) is 0 Å². The fourth-order valence-electron chi connectivity index (χ4n) is 3.39. The number of hydrogen-bond donors (Lipinski definition) is 12. The molecule has 0 rings (SSSR count). The Morgan fingerprint density at radius 1 is 0.878 bits per heavy atom. The lowest BCUT2D eigenvalue weighted by Gasteiger charge is -2.30. The predicted molar refractivity (Wildman–Crippen MR) is 153 cm³/mol. The van der Waals surface area contributed by atoms with Crippen molar-refractivity contribution in [2.45, 2.75) is 82.1 Å². The van der Waals surface area contributed by atoms with Gasteiger partial charge < -0.3 is 54.6 Å². The number of carboxylic acids is 1. The van der Waals surface area contributed by atoms with Gasteiger partial charge in [-0.1, -0.05) is 0 Å². The lowest BCUT2D eigenvalue weighted by molar-refractivity contribution is -0.144. The van der Waals surface area contributed by atoms with Gasteiger partial charge in [0.05, 0.1) is 12.5 Å². The van der Waals surface area contributed by atoms with E-state index in [1.807, 2.05) is 0 Å². The van der Waals surface area contributed by atoms with Gasteiger partial charge in [-0.05, 0) is 52.5 Å². The van der Waals surface area contributed by atoms with Crippen LogP contribution in [0.2, 0.25) is 0 Å². The summed E-state index contributed by atoms with van der Waals surface area (Å²) in [4.78, 5) is 74.2. The molecule has 0 saturated carbocycles. The topological polar surface area (TPSA) is 311 Å². The summed E-state index contributed by atoms with van der Waals surface area (Å²) >= 11 is 3.99. The summed E-state index contributed by atoms with van der Waals surface area (Å²) in [7, 11) is 0. The number of amides is 5. The average Bonchev–Trinajstić information content (AvgIpc) is 2.87. The first kappa shape index (κ1) is 37.4. The summed E-state index contributed by atoms with van der Waals surface area (Å²) in [5.74, 6) is -5.71. The molecule has 18 heteroatoms. The Morgan fingerprint density at radius 3 is 1.95 bits per heavy atom. The molecule has 0 aliphatic carbocycles. The maximum atomic E-state index is 13.3. The minimum atomic E-state index is -1.68. The number of nitrogens with one attached hydrogen (secondary N) is 6. The maximum Gasteiger partial charge on any atom is 0.326 e. The molecule has 4 atom stereocenters. The molecule has 0 unspecified atom stereocenters. The Bertz CT molecular complexity index is 950. The maximum absolute atomic E-state index is 13.3. The molecule has 234 valence electrons. The van der Waals surface area contributed by atoms with Crippen molar-refractivity contribution < 1.29 is 33.9 Å². The summed E-state index contributed by atoms with van der Waals surface area (Å²) in [6.45, 7) is 3.16. The summed E-state index contributed by atoms with van der Waals surface area (Å²) in [6.07, 6.45) is 0.913. The van der Waals surface area contributed by atoms with Crippen LogP contribution in [-0.2, 0) is 28.8 Å². The van der Waals surface area contributed by atoms with Gasteiger partial charge in [0.2, 0.25) is 29.5 Å². The SMILES string of the molecule is CC(C)(NC(=O)[C@H](CCCNC(=N)N)NC(=O)[C@H](CCCCN)NC(=O)[C@@H](N)CS)C(=O)N[C@@H](CC(N)=O)C(=O)O. The molecule has 0 aliphatic heterocycles. The molecule has 0 aromatic rings. The van der Waals surface area contributed by atoms with E-state index in [4.69, 9.17) is 28.3 Å². The molecular weight excluding hydrogens is 560 g/mol. The molecule has 5 amide bonds. The Morgan fingerprint density at radius 2 is 1.44 bits per heavy atom. The van der Waals surface area contributed by atoms with Crippen LogP contribution in [0.3, 0.4) is 0 Å². The zero-order chi connectivity index (χ0) is 31.8. The number of unbranched alkanes of at least 4 members (excludes halogenated alkanes) is 1. The summed E-state index contributed by atoms with van der Waals surface area (Å²) in [5.41, 5.74) is 19.9. The van der Waals surface area contributed by atoms with E-state index in [1.54, 1.807) is 0 Å². The number of primary amides is 1. The third-order valence-electron chi connectivity index (χ3n) is 5.74. The van der Waals surface area contributed by atoms with E-state index in [2.05, 4.69) is 39.2 Å². The minimum absolute atomic E-state index is 0.0363. The van der Waals surface area contributed by atoms with Crippen molar-refractivity contribution in [2.75, 3.05) is 18.8 Å². The Labute approximate surface area is 243 Å². The highest BCUT2D eigenvalue weighted by Gasteiger charge is 2.36. The highest BCUT2D eigenvalue weighted by atomic mass is 32.1. The third-order valence-corrected chi connectivity index (χ3v) is 6.14. The van der Waals surface area contributed by atoms with Gasteiger partial charge in [0.25, 0.3) is 0 Å². The van der Waals surface area contributed by atoms with Crippen molar-refractivity contribution >= 4 is 54.1 Å². The molecule has 0 heterocycles. The van der Waals surface area contributed by atoms with Crippen molar-refractivity contribution in [3.8, 4) is 0 Å². The van der Waals surface area contributed by atoms with Crippen LogP contribution >= 0.6 is 12.6 Å². The van der Waals surface area contributed by atoms with Crippen molar-refractivity contribution in [3.63, 3.8) is 0 Å². The molecule has 17 nitrogen and oxygen atoms in total. The van der Waals surface area contributed by atoms with Crippen LogP contribution < -0.4 is 49.5 Å². The first-order valence-electron chi connectivity index (χ1n) is 12.9. The smallest absolute Gasteiger partial charge is 0.326 e. The molecule has 15 N–H and O–H groups in total. The number of carbonyl (C=O) groups is 6. The first-order chi connectivity index (χ1) is 19.0. The van der Waals surface area contributed by atoms with E-state index in [9.17, 15) is 33.9 Å². The highest BCUT2D eigenvalue weighted by Crippen LogP contribution is 2.09. The molecule has 41 heavy (non-hydrogen) atoms. The van der Waals surface area contributed by atoms with Crippen molar-refractivity contribution in [2.24, 2.45) is 22.9 Å². The number of thiol groups is 1. The zero-order valence-electron chi connectivity index (χ0n) is 23.3. The van der Waals surface area contributed by atoms with Crippen LogP contribution in [0.15, 0.2) is 0 Å². The molecular formula is C23H44N10O7S. The van der Waals surface area contributed by atoms with E-state index in [1.165, 1.54) is 13.8 Å². The zero-order valence-corrected chi connectivity index (χ0v) is 24.2. The van der Waals surface area contributed by atoms with Gasteiger partial charge in [0.1, 0.15) is 23.7 Å². The molecule has 0 bridgehead atoms. The number of rotatable bonds is 20. The van der Waals surface area contributed by atoms with Gasteiger partial charge in [-0.15, -0.1) is 0 Å². The first-order valence-corrected chi connectivity index (χ1v) is 13.6. The van der Waals surface area contributed by atoms with Gasteiger partial charge in [-0.25, -0.2) is 4.79 Å². The van der Waals surface area contributed by atoms with Gasteiger partial charge in [-0.2, -0.15) is 12.6 Å². The standard InChI is InChI=1S/C23H44N10O7S/c1-23(2,21(40)32-15(20(38)39)10-16(26)34)33-19(37)14(7-5-9-29-22(27)28)31-18(36)13(6-3-4-8-24)30-17(35)12(25)11-41/h12-15,41H,3-11,24-25H2,1-2H3,(H2,26,34)(H,30,35)(H,31,36)(H,32,40)(H,33,37)(H,38,39)(H4,27,28,29)/t12-,13-,14-,15-/m0/s1. The van der Waals surface area contributed by atoms with Gasteiger partial charge >= 0.3 is 5.97 Å².